The average Bonchev–Trinajstić information content (AvgIpc) is 2.55. The molecule has 0 saturated carbocycles. The zero-order valence-corrected chi connectivity index (χ0v) is 14.4. The van der Waals surface area contributed by atoms with E-state index in [1.54, 1.807) is 11.8 Å². The first-order valence-electron chi connectivity index (χ1n) is 8.22. The van der Waals surface area contributed by atoms with E-state index in [1.807, 2.05) is 0 Å². The maximum absolute atomic E-state index is 12.3. The Balaban J connectivity index is 1.76. The number of hydrogen-bond donors (Lipinski definition) is 1. The van der Waals surface area contributed by atoms with E-state index in [9.17, 15) is 13.2 Å². The van der Waals surface area contributed by atoms with Crippen LogP contribution in [0.2, 0.25) is 0 Å². The minimum absolute atomic E-state index is 0.0523. The average molecular weight is 332 g/mol. The van der Waals surface area contributed by atoms with E-state index in [-0.39, 0.29) is 17.8 Å². The fraction of sp³-hybridized carbons (Fsp3) is 0.929. The van der Waals surface area contributed by atoms with E-state index in [0.29, 0.717) is 26.2 Å². The molecule has 2 heterocycles. The number of carbonyl (C=O) groups is 1. The van der Waals surface area contributed by atoms with Crippen molar-refractivity contribution in [1.29, 1.82) is 0 Å². The van der Waals surface area contributed by atoms with E-state index in [1.165, 1.54) is 4.31 Å². The molecule has 0 bridgehead atoms. The van der Waals surface area contributed by atoms with E-state index >= 15 is 0 Å². The summed E-state index contributed by atoms with van der Waals surface area (Å²) in [5.41, 5.74) is 0. The number of piperazine rings is 1. The first kappa shape index (κ1) is 17.5. The maximum Gasteiger partial charge on any atom is 0.317 e. The summed E-state index contributed by atoms with van der Waals surface area (Å²) in [6, 6.07) is 0.191. The van der Waals surface area contributed by atoms with Crippen LogP contribution in [0.5, 0.6) is 0 Å². The number of nitrogens with zero attached hydrogens (tertiary/aromatic N) is 3. The first-order chi connectivity index (χ1) is 10.5. The highest BCUT2D eigenvalue weighted by Crippen LogP contribution is 2.12. The molecule has 8 heteroatoms. The number of amides is 2. The quantitative estimate of drug-likeness (QED) is 0.795. The fourth-order valence-electron chi connectivity index (χ4n) is 3.01. The lowest BCUT2D eigenvalue weighted by molar-refractivity contribution is 0.157. The zero-order chi connectivity index (χ0) is 16.2. The van der Waals surface area contributed by atoms with E-state index < -0.39 is 10.0 Å². The Kier molecular flexibility index (Phi) is 6.05. The summed E-state index contributed by atoms with van der Waals surface area (Å²) in [5.74, 6) is 0.120. The molecule has 22 heavy (non-hydrogen) atoms. The highest BCUT2D eigenvalue weighted by atomic mass is 32.2. The number of urea groups is 1. The highest BCUT2D eigenvalue weighted by molar-refractivity contribution is 7.89. The summed E-state index contributed by atoms with van der Waals surface area (Å²) < 4.78 is 25.1. The smallest absolute Gasteiger partial charge is 0.317 e. The summed E-state index contributed by atoms with van der Waals surface area (Å²) in [6.45, 7) is 8.68. The van der Waals surface area contributed by atoms with Gasteiger partial charge >= 0.3 is 6.03 Å². The number of nitrogens with one attached hydrogen (secondary N) is 1. The Morgan fingerprint density at radius 2 is 1.64 bits per heavy atom. The third kappa shape index (κ3) is 4.33. The predicted octanol–water partition coefficient (Wildman–Crippen LogP) is 0.148. The second-order valence-corrected chi connectivity index (χ2v) is 8.20. The second kappa shape index (κ2) is 7.61. The second-order valence-electron chi connectivity index (χ2n) is 5.94. The van der Waals surface area contributed by atoms with Gasteiger partial charge in [-0.05, 0) is 26.3 Å². The lowest BCUT2D eigenvalue weighted by atomic mass is 10.1. The van der Waals surface area contributed by atoms with Crippen molar-refractivity contribution in [2.75, 3.05) is 51.6 Å². The molecule has 0 unspecified atom stereocenters. The number of carbonyl (C=O) groups excluding carboxylic acids is 1. The molecule has 2 saturated heterocycles. The van der Waals surface area contributed by atoms with Crippen molar-refractivity contribution in [3.05, 3.63) is 0 Å². The molecule has 7 nitrogen and oxygen atoms in total. The van der Waals surface area contributed by atoms with Crippen molar-refractivity contribution >= 4 is 16.1 Å². The van der Waals surface area contributed by atoms with Crippen LogP contribution in [0, 0.1) is 0 Å². The summed E-state index contributed by atoms with van der Waals surface area (Å²) in [4.78, 5) is 16.4. The highest BCUT2D eigenvalue weighted by Gasteiger charge is 2.29. The van der Waals surface area contributed by atoms with Gasteiger partial charge in [0.05, 0.1) is 5.75 Å². The van der Waals surface area contributed by atoms with Crippen LogP contribution in [0.25, 0.3) is 0 Å². The fourth-order valence-corrected chi connectivity index (χ4v) is 4.10. The lowest BCUT2D eigenvalue weighted by Crippen LogP contribution is -2.55. The normalized spacial score (nSPS) is 22.7. The van der Waals surface area contributed by atoms with Crippen LogP contribution < -0.4 is 5.32 Å². The first-order valence-corrected chi connectivity index (χ1v) is 9.82. The van der Waals surface area contributed by atoms with Gasteiger partial charge in [-0.15, -0.1) is 0 Å². The molecule has 2 aliphatic rings. The van der Waals surface area contributed by atoms with E-state index in [0.717, 1.165) is 32.5 Å². The molecule has 0 aromatic carbocycles. The molecule has 0 spiro atoms. The van der Waals surface area contributed by atoms with Gasteiger partial charge in [0.2, 0.25) is 10.0 Å². The van der Waals surface area contributed by atoms with Crippen LogP contribution in [0.3, 0.4) is 0 Å². The SMILES string of the molecule is CCN1CCC(NC(=O)N2CCN(S(=O)(=O)CC)CC2)CC1. The van der Waals surface area contributed by atoms with Crippen molar-refractivity contribution < 1.29 is 13.2 Å². The number of sulfonamides is 1. The topological polar surface area (TPSA) is 73.0 Å². The van der Waals surface area contributed by atoms with Gasteiger partial charge in [0.15, 0.2) is 0 Å². The van der Waals surface area contributed by atoms with Crippen LogP contribution in [0.4, 0.5) is 4.79 Å². The third-order valence-corrected chi connectivity index (χ3v) is 6.53. The molecular formula is C14H28N4O3S. The van der Waals surface area contributed by atoms with Gasteiger partial charge in [-0.2, -0.15) is 4.31 Å². The molecule has 1 N–H and O–H groups in total. The summed E-state index contributed by atoms with van der Waals surface area (Å²) >= 11 is 0. The zero-order valence-electron chi connectivity index (χ0n) is 13.6. The standard InChI is InChI=1S/C14H28N4O3S/c1-3-16-7-5-13(6-8-16)15-14(19)17-9-11-18(12-10-17)22(20,21)4-2/h13H,3-12H2,1-2H3,(H,15,19). The van der Waals surface area contributed by atoms with Crippen LogP contribution in [0.15, 0.2) is 0 Å². The van der Waals surface area contributed by atoms with Crippen LogP contribution in [0.1, 0.15) is 26.7 Å². The van der Waals surface area contributed by atoms with Crippen LogP contribution >= 0.6 is 0 Å². The van der Waals surface area contributed by atoms with Gasteiger partial charge < -0.3 is 15.1 Å². The van der Waals surface area contributed by atoms with Gasteiger partial charge in [0, 0.05) is 45.3 Å². The molecule has 0 radical (unpaired) electrons. The number of rotatable bonds is 4. The summed E-state index contributed by atoms with van der Waals surface area (Å²) in [6.07, 6.45) is 1.98. The molecular weight excluding hydrogens is 304 g/mol. The van der Waals surface area contributed by atoms with Crippen molar-refractivity contribution in [3.8, 4) is 0 Å². The number of likely N-dealkylation sites (tertiary alicyclic amines) is 1. The molecule has 2 amide bonds. The van der Waals surface area contributed by atoms with Crippen molar-refractivity contribution in [1.82, 2.24) is 19.4 Å². The Morgan fingerprint density at radius 1 is 1.05 bits per heavy atom. The lowest BCUT2D eigenvalue weighted by Gasteiger charge is -2.36. The largest absolute Gasteiger partial charge is 0.335 e. The predicted molar refractivity (Wildman–Crippen MR) is 86.3 cm³/mol. The van der Waals surface area contributed by atoms with E-state index in [2.05, 4.69) is 17.1 Å². The molecule has 2 fully saturated rings. The monoisotopic (exact) mass is 332 g/mol. The van der Waals surface area contributed by atoms with Gasteiger partial charge in [0.1, 0.15) is 0 Å². The van der Waals surface area contributed by atoms with Crippen LogP contribution in [-0.2, 0) is 10.0 Å². The van der Waals surface area contributed by atoms with Crippen LogP contribution in [-0.4, -0.2) is 86.2 Å². The Morgan fingerprint density at radius 3 is 2.14 bits per heavy atom. The van der Waals surface area contributed by atoms with E-state index in [4.69, 9.17) is 0 Å². The van der Waals surface area contributed by atoms with Crippen molar-refractivity contribution in [3.63, 3.8) is 0 Å². The van der Waals surface area contributed by atoms with Gasteiger partial charge in [-0.3, -0.25) is 0 Å². The Hall–Kier alpha value is -0.860. The maximum atomic E-state index is 12.3. The molecule has 0 aliphatic carbocycles. The number of hydrogen-bond acceptors (Lipinski definition) is 4. The van der Waals surface area contributed by atoms with Gasteiger partial charge in [-0.1, -0.05) is 6.92 Å². The molecule has 2 rings (SSSR count). The molecule has 0 aromatic rings. The molecule has 128 valence electrons. The number of piperidine rings is 1. The van der Waals surface area contributed by atoms with Crippen molar-refractivity contribution in [2.24, 2.45) is 0 Å². The minimum Gasteiger partial charge on any atom is -0.335 e. The van der Waals surface area contributed by atoms with Gasteiger partial charge in [-0.25, -0.2) is 13.2 Å². The summed E-state index contributed by atoms with van der Waals surface area (Å²) in [7, 11) is -3.14. The minimum atomic E-state index is -3.14. The summed E-state index contributed by atoms with van der Waals surface area (Å²) in [5, 5.41) is 3.09. The van der Waals surface area contributed by atoms with Gasteiger partial charge in [0.25, 0.3) is 0 Å². The Labute approximate surface area is 133 Å². The Bertz CT molecular complexity index is 466. The molecule has 0 atom stereocenters. The molecule has 2 aliphatic heterocycles. The van der Waals surface area contributed by atoms with Crippen molar-refractivity contribution in [2.45, 2.75) is 32.7 Å². The third-order valence-electron chi connectivity index (χ3n) is 4.65. The molecule has 0 aromatic heterocycles.